The van der Waals surface area contributed by atoms with E-state index in [1.165, 1.54) is 24.9 Å². The van der Waals surface area contributed by atoms with E-state index in [2.05, 4.69) is 46.6 Å². The average Bonchev–Trinajstić information content (AvgIpc) is 2.48. The Hall–Kier alpha value is -1.84. The molecule has 20 heavy (non-hydrogen) atoms. The third kappa shape index (κ3) is 2.69. The van der Waals surface area contributed by atoms with Crippen LogP contribution in [-0.2, 0) is 4.79 Å². The van der Waals surface area contributed by atoms with Crippen LogP contribution < -0.4 is 10.3 Å². The summed E-state index contributed by atoms with van der Waals surface area (Å²) in [6.45, 7) is 4.37. The number of benzene rings is 1. The lowest BCUT2D eigenvalue weighted by molar-refractivity contribution is -0.121. The summed E-state index contributed by atoms with van der Waals surface area (Å²) in [6.07, 6.45) is 4.45. The quantitative estimate of drug-likeness (QED) is 0.898. The smallest absolute Gasteiger partial charge is 0.240 e. The summed E-state index contributed by atoms with van der Waals surface area (Å²) in [5, 5.41) is 4.21. The predicted molar refractivity (Wildman–Crippen MR) is 81.0 cm³/mol. The molecule has 0 aliphatic carbocycles. The monoisotopic (exact) mass is 271 g/mol. The van der Waals surface area contributed by atoms with Crippen molar-refractivity contribution in [1.29, 1.82) is 0 Å². The van der Waals surface area contributed by atoms with Crippen molar-refractivity contribution >= 4 is 17.3 Å². The lowest BCUT2D eigenvalue weighted by atomic mass is 9.94. The second-order valence-electron chi connectivity index (χ2n) is 5.73. The molecule has 0 unspecified atom stereocenters. The van der Waals surface area contributed by atoms with E-state index in [1.54, 1.807) is 0 Å². The molecule has 3 rings (SSSR count). The Morgan fingerprint density at radius 3 is 2.50 bits per heavy atom. The molecule has 2 heterocycles. The van der Waals surface area contributed by atoms with Crippen molar-refractivity contribution in [2.24, 2.45) is 11.0 Å². The lowest BCUT2D eigenvalue weighted by Gasteiger charge is -2.29. The molecule has 0 radical (unpaired) electrons. The molecular weight excluding hydrogens is 250 g/mol. The molecule has 4 nitrogen and oxygen atoms in total. The molecule has 106 valence electrons. The number of hydrogen-bond acceptors (Lipinski definition) is 3. The Labute approximate surface area is 119 Å². The van der Waals surface area contributed by atoms with E-state index in [0.717, 1.165) is 24.4 Å². The van der Waals surface area contributed by atoms with Crippen LogP contribution in [0.25, 0.3) is 0 Å². The first kappa shape index (κ1) is 13.2. The molecule has 0 saturated carbocycles. The lowest BCUT2D eigenvalue weighted by Crippen LogP contribution is -2.32. The fourth-order valence-electron chi connectivity index (χ4n) is 3.00. The van der Waals surface area contributed by atoms with Gasteiger partial charge in [-0.3, -0.25) is 4.79 Å². The van der Waals surface area contributed by atoms with Crippen LogP contribution >= 0.6 is 0 Å². The highest BCUT2D eigenvalue weighted by atomic mass is 16.2. The van der Waals surface area contributed by atoms with Crippen LogP contribution in [0.2, 0.25) is 0 Å². The molecule has 0 spiro atoms. The van der Waals surface area contributed by atoms with Gasteiger partial charge in [0.1, 0.15) is 0 Å². The third-order valence-corrected chi connectivity index (χ3v) is 4.14. The summed E-state index contributed by atoms with van der Waals surface area (Å²) in [6, 6.07) is 8.59. The molecule has 0 bridgehead atoms. The summed E-state index contributed by atoms with van der Waals surface area (Å²) in [5.41, 5.74) is 5.96. The molecule has 2 aliphatic rings. The van der Waals surface area contributed by atoms with Gasteiger partial charge in [-0.25, -0.2) is 5.43 Å². The first-order valence-electron chi connectivity index (χ1n) is 7.46. The standard InChI is InChI=1S/C16H21N3O/c1-12-11-15(20)17-18-16(12)13-5-7-14(8-6-13)19-9-3-2-4-10-19/h5-8,12H,2-4,9-11H2,1H3,(H,17,20)/t12-/m1/s1. The van der Waals surface area contributed by atoms with Gasteiger partial charge in [0.15, 0.2) is 0 Å². The second kappa shape index (κ2) is 5.65. The van der Waals surface area contributed by atoms with Gasteiger partial charge < -0.3 is 4.90 Å². The normalized spacial score (nSPS) is 23.2. The molecule has 1 fully saturated rings. The number of hydrogen-bond donors (Lipinski definition) is 1. The number of piperidine rings is 1. The molecular formula is C16H21N3O. The number of nitrogens with one attached hydrogen (secondary N) is 1. The number of carbonyl (C=O) groups excluding carboxylic acids is 1. The van der Waals surface area contributed by atoms with E-state index in [4.69, 9.17) is 0 Å². The van der Waals surface area contributed by atoms with Gasteiger partial charge in [0, 0.05) is 31.1 Å². The number of nitrogens with zero attached hydrogens (tertiary/aromatic N) is 2. The van der Waals surface area contributed by atoms with Crippen LogP contribution in [0.1, 0.15) is 38.2 Å². The highest BCUT2D eigenvalue weighted by Crippen LogP contribution is 2.22. The summed E-state index contributed by atoms with van der Waals surface area (Å²) in [7, 11) is 0. The number of carbonyl (C=O) groups is 1. The third-order valence-electron chi connectivity index (χ3n) is 4.14. The van der Waals surface area contributed by atoms with E-state index in [0.29, 0.717) is 6.42 Å². The Morgan fingerprint density at radius 1 is 1.15 bits per heavy atom. The maximum absolute atomic E-state index is 11.3. The SMILES string of the molecule is C[C@@H]1CC(=O)NN=C1c1ccc(N2CCCCC2)cc1. The van der Waals surface area contributed by atoms with Crippen LogP contribution in [0.15, 0.2) is 29.4 Å². The predicted octanol–water partition coefficient (Wildman–Crippen LogP) is 2.54. The molecule has 2 aliphatic heterocycles. The molecule has 1 saturated heterocycles. The van der Waals surface area contributed by atoms with Crippen molar-refractivity contribution in [1.82, 2.24) is 5.43 Å². The van der Waals surface area contributed by atoms with Gasteiger partial charge in [0.2, 0.25) is 5.91 Å². The first-order chi connectivity index (χ1) is 9.74. The van der Waals surface area contributed by atoms with Crippen molar-refractivity contribution in [3.8, 4) is 0 Å². The molecule has 1 amide bonds. The molecule has 1 atom stereocenters. The topological polar surface area (TPSA) is 44.7 Å². The van der Waals surface area contributed by atoms with Gasteiger partial charge in [0.25, 0.3) is 0 Å². The fraction of sp³-hybridized carbons (Fsp3) is 0.500. The van der Waals surface area contributed by atoms with Gasteiger partial charge in [0.05, 0.1) is 5.71 Å². The van der Waals surface area contributed by atoms with Crippen LogP contribution in [-0.4, -0.2) is 24.7 Å². The van der Waals surface area contributed by atoms with E-state index >= 15 is 0 Å². The Balaban J connectivity index is 1.77. The zero-order chi connectivity index (χ0) is 13.9. The summed E-state index contributed by atoms with van der Waals surface area (Å²) < 4.78 is 0. The first-order valence-corrected chi connectivity index (χ1v) is 7.46. The fourth-order valence-corrected chi connectivity index (χ4v) is 3.00. The highest BCUT2D eigenvalue weighted by molar-refractivity contribution is 6.05. The van der Waals surface area contributed by atoms with E-state index in [-0.39, 0.29) is 11.8 Å². The zero-order valence-corrected chi connectivity index (χ0v) is 11.9. The van der Waals surface area contributed by atoms with Gasteiger partial charge in [-0.05, 0) is 37.0 Å². The Kier molecular flexibility index (Phi) is 3.72. The second-order valence-corrected chi connectivity index (χ2v) is 5.73. The summed E-state index contributed by atoms with van der Waals surface area (Å²) in [4.78, 5) is 13.7. The van der Waals surface area contributed by atoms with E-state index < -0.39 is 0 Å². The Bertz CT molecular complexity index is 515. The molecule has 1 aromatic carbocycles. The van der Waals surface area contributed by atoms with Crippen molar-refractivity contribution < 1.29 is 4.79 Å². The molecule has 4 heteroatoms. The van der Waals surface area contributed by atoms with E-state index in [1.807, 2.05) is 0 Å². The Morgan fingerprint density at radius 2 is 1.85 bits per heavy atom. The number of rotatable bonds is 2. The maximum Gasteiger partial charge on any atom is 0.240 e. The van der Waals surface area contributed by atoms with E-state index in [9.17, 15) is 4.79 Å². The highest BCUT2D eigenvalue weighted by Gasteiger charge is 2.21. The van der Waals surface area contributed by atoms with Crippen molar-refractivity contribution in [2.75, 3.05) is 18.0 Å². The number of anilines is 1. The van der Waals surface area contributed by atoms with Crippen LogP contribution in [0.4, 0.5) is 5.69 Å². The van der Waals surface area contributed by atoms with Crippen LogP contribution in [0.3, 0.4) is 0 Å². The maximum atomic E-state index is 11.3. The number of amides is 1. The van der Waals surface area contributed by atoms with Crippen LogP contribution in [0, 0.1) is 5.92 Å². The minimum absolute atomic E-state index is 0.00573. The largest absolute Gasteiger partial charge is 0.372 e. The minimum atomic E-state index is 0.00573. The van der Waals surface area contributed by atoms with Gasteiger partial charge in [-0.2, -0.15) is 5.10 Å². The number of hydrazone groups is 1. The van der Waals surface area contributed by atoms with Crippen molar-refractivity contribution in [3.05, 3.63) is 29.8 Å². The van der Waals surface area contributed by atoms with Crippen LogP contribution in [0.5, 0.6) is 0 Å². The molecule has 1 aromatic rings. The zero-order valence-electron chi connectivity index (χ0n) is 11.9. The van der Waals surface area contributed by atoms with Gasteiger partial charge in [-0.1, -0.05) is 19.1 Å². The van der Waals surface area contributed by atoms with Gasteiger partial charge >= 0.3 is 0 Å². The summed E-state index contributed by atoms with van der Waals surface area (Å²) in [5.74, 6) is 0.191. The summed E-state index contributed by atoms with van der Waals surface area (Å²) >= 11 is 0. The molecule has 1 N–H and O–H groups in total. The van der Waals surface area contributed by atoms with Crippen molar-refractivity contribution in [3.63, 3.8) is 0 Å². The van der Waals surface area contributed by atoms with Gasteiger partial charge in [-0.15, -0.1) is 0 Å². The average molecular weight is 271 g/mol. The van der Waals surface area contributed by atoms with Crippen molar-refractivity contribution in [2.45, 2.75) is 32.6 Å². The minimum Gasteiger partial charge on any atom is -0.372 e. The molecule has 0 aromatic heterocycles.